The van der Waals surface area contributed by atoms with Gasteiger partial charge in [-0.2, -0.15) is 0 Å². The average Bonchev–Trinajstić information content (AvgIpc) is 2.07. The van der Waals surface area contributed by atoms with E-state index in [-0.39, 0.29) is 6.61 Å². The van der Waals surface area contributed by atoms with Gasteiger partial charge < -0.3 is 5.11 Å². The average molecular weight is 150 g/mol. The highest BCUT2D eigenvalue weighted by molar-refractivity contribution is 5.28. The van der Waals surface area contributed by atoms with Gasteiger partial charge in [0.2, 0.25) is 0 Å². The Morgan fingerprint density at radius 3 is 2.91 bits per heavy atom. The minimum atomic E-state index is -0.0520. The maximum Gasteiger partial charge on any atom is 0.126 e. The van der Waals surface area contributed by atoms with Crippen LogP contribution < -0.4 is 0 Å². The second-order valence-electron chi connectivity index (χ2n) is 1.87. The third-order valence-corrected chi connectivity index (χ3v) is 1.14. The van der Waals surface area contributed by atoms with Crippen LogP contribution in [0.25, 0.3) is 10.4 Å². The molecule has 11 heavy (non-hydrogen) atoms. The molecule has 0 unspecified atom stereocenters. The Hall–Kier alpha value is -1.58. The van der Waals surface area contributed by atoms with E-state index in [4.69, 9.17) is 10.6 Å². The molecule has 56 valence electrons. The van der Waals surface area contributed by atoms with Crippen molar-refractivity contribution in [2.45, 2.75) is 6.61 Å². The summed E-state index contributed by atoms with van der Waals surface area (Å²) in [4.78, 5) is 6.32. The summed E-state index contributed by atoms with van der Waals surface area (Å²) in [6.45, 7) is -0.0520. The van der Waals surface area contributed by atoms with Crippen LogP contribution in [0.2, 0.25) is 0 Å². The molecule has 5 nitrogen and oxygen atoms in total. The third kappa shape index (κ3) is 1.93. The molecular formula is C6H6N4O. The fraction of sp³-hybridized carbons (Fsp3) is 0.167. The monoisotopic (exact) mass is 150 g/mol. The number of nitrogens with zero attached hydrogens (tertiary/aromatic N) is 4. The zero-order valence-corrected chi connectivity index (χ0v) is 5.68. The van der Waals surface area contributed by atoms with E-state index in [1.54, 1.807) is 12.1 Å². The van der Waals surface area contributed by atoms with Gasteiger partial charge in [-0.3, -0.25) is 4.98 Å². The molecule has 0 amide bonds. The normalized spacial score (nSPS) is 8.82. The Morgan fingerprint density at radius 1 is 1.64 bits per heavy atom. The Labute approximate surface area is 62.9 Å². The van der Waals surface area contributed by atoms with Crippen molar-refractivity contribution in [1.29, 1.82) is 0 Å². The molecule has 0 saturated carbocycles. The summed E-state index contributed by atoms with van der Waals surface area (Å²) in [5.74, 6) is 0.310. The second kappa shape index (κ2) is 3.55. The summed E-state index contributed by atoms with van der Waals surface area (Å²) < 4.78 is 0. The van der Waals surface area contributed by atoms with Crippen molar-refractivity contribution in [3.8, 4) is 0 Å². The molecular weight excluding hydrogens is 144 g/mol. The highest BCUT2D eigenvalue weighted by atomic mass is 16.3. The summed E-state index contributed by atoms with van der Waals surface area (Å²) >= 11 is 0. The van der Waals surface area contributed by atoms with Gasteiger partial charge in [0.15, 0.2) is 0 Å². The first-order valence-electron chi connectivity index (χ1n) is 2.97. The van der Waals surface area contributed by atoms with Crippen LogP contribution in [0.4, 0.5) is 5.82 Å². The molecule has 0 aliphatic carbocycles. The Kier molecular flexibility index (Phi) is 2.43. The summed E-state index contributed by atoms with van der Waals surface area (Å²) in [7, 11) is 0. The van der Waals surface area contributed by atoms with E-state index >= 15 is 0 Å². The fourth-order valence-corrected chi connectivity index (χ4v) is 0.615. The number of aromatic nitrogens is 1. The predicted molar refractivity (Wildman–Crippen MR) is 39.0 cm³/mol. The van der Waals surface area contributed by atoms with E-state index < -0.39 is 0 Å². The van der Waals surface area contributed by atoms with Crippen molar-refractivity contribution < 1.29 is 5.11 Å². The fourth-order valence-electron chi connectivity index (χ4n) is 0.615. The number of hydrogen-bond acceptors (Lipinski definition) is 3. The standard InChI is InChI=1S/C6H6N4O/c7-10-9-6-2-1-5(4-11)3-8-6/h1-3,11H,4H2. The van der Waals surface area contributed by atoms with Crippen LogP contribution in [-0.2, 0) is 6.61 Å². The first kappa shape index (κ1) is 7.53. The second-order valence-corrected chi connectivity index (χ2v) is 1.87. The number of hydrogen-bond donors (Lipinski definition) is 1. The van der Waals surface area contributed by atoms with Gasteiger partial charge in [-0.25, -0.2) is 0 Å². The summed E-state index contributed by atoms with van der Waals surface area (Å²) in [5.41, 5.74) is 8.71. The zero-order valence-electron chi connectivity index (χ0n) is 5.68. The van der Waals surface area contributed by atoms with E-state index in [1.807, 2.05) is 0 Å². The quantitative estimate of drug-likeness (QED) is 0.393. The minimum Gasteiger partial charge on any atom is -0.392 e. The lowest BCUT2D eigenvalue weighted by molar-refractivity contribution is 0.281. The molecule has 1 rings (SSSR count). The van der Waals surface area contributed by atoms with Crippen LogP contribution in [0.3, 0.4) is 0 Å². The van der Waals surface area contributed by atoms with Gasteiger partial charge in [0.25, 0.3) is 0 Å². The molecule has 0 aliphatic heterocycles. The molecule has 0 fully saturated rings. The summed E-state index contributed by atoms with van der Waals surface area (Å²) in [5, 5.41) is 11.9. The maximum absolute atomic E-state index is 8.61. The predicted octanol–water partition coefficient (Wildman–Crippen LogP) is 1.52. The van der Waals surface area contributed by atoms with E-state index in [0.717, 1.165) is 0 Å². The van der Waals surface area contributed by atoms with Gasteiger partial charge >= 0.3 is 0 Å². The molecule has 0 aliphatic rings. The Morgan fingerprint density at radius 2 is 2.45 bits per heavy atom. The molecule has 0 radical (unpaired) electrons. The molecule has 1 N–H and O–H groups in total. The number of pyridine rings is 1. The van der Waals surface area contributed by atoms with Crippen LogP contribution in [0, 0.1) is 0 Å². The molecule has 0 aromatic carbocycles. The SMILES string of the molecule is [N-]=[N+]=Nc1ccc(CO)cn1. The highest BCUT2D eigenvalue weighted by Gasteiger charge is 1.90. The first-order valence-corrected chi connectivity index (χ1v) is 2.97. The van der Waals surface area contributed by atoms with Crippen molar-refractivity contribution >= 4 is 5.82 Å². The topological polar surface area (TPSA) is 81.9 Å². The molecule has 1 aromatic heterocycles. The van der Waals surface area contributed by atoms with Crippen molar-refractivity contribution in [2.24, 2.45) is 5.11 Å². The smallest absolute Gasteiger partial charge is 0.126 e. The van der Waals surface area contributed by atoms with Crippen LogP contribution in [0.1, 0.15) is 5.56 Å². The van der Waals surface area contributed by atoms with Crippen molar-refractivity contribution in [2.75, 3.05) is 0 Å². The lowest BCUT2D eigenvalue weighted by Crippen LogP contribution is -1.82. The van der Waals surface area contributed by atoms with Crippen LogP contribution >= 0.6 is 0 Å². The van der Waals surface area contributed by atoms with Gasteiger partial charge in [0, 0.05) is 11.1 Å². The minimum absolute atomic E-state index is 0.0520. The van der Waals surface area contributed by atoms with Crippen molar-refractivity contribution in [1.82, 2.24) is 4.98 Å². The van der Waals surface area contributed by atoms with Gasteiger partial charge in [0.05, 0.1) is 6.61 Å². The zero-order chi connectivity index (χ0) is 8.10. The first-order chi connectivity index (χ1) is 5.36. The van der Waals surface area contributed by atoms with Gasteiger partial charge in [0.1, 0.15) is 5.82 Å². The Bertz CT molecular complexity index is 275. The lowest BCUT2D eigenvalue weighted by atomic mass is 10.3. The van der Waals surface area contributed by atoms with Gasteiger partial charge in [-0.05, 0) is 22.3 Å². The molecule has 0 atom stereocenters. The lowest BCUT2D eigenvalue weighted by Gasteiger charge is -1.93. The molecule has 0 bridgehead atoms. The molecule has 0 spiro atoms. The van der Waals surface area contributed by atoms with Crippen LogP contribution in [-0.4, -0.2) is 10.1 Å². The number of rotatable bonds is 2. The van der Waals surface area contributed by atoms with Crippen molar-refractivity contribution in [3.05, 3.63) is 34.3 Å². The summed E-state index contributed by atoms with van der Waals surface area (Å²) in [6, 6.07) is 3.20. The number of aliphatic hydroxyl groups excluding tert-OH is 1. The number of azide groups is 1. The number of aliphatic hydroxyl groups is 1. The van der Waals surface area contributed by atoms with E-state index in [2.05, 4.69) is 15.0 Å². The van der Waals surface area contributed by atoms with E-state index in [0.29, 0.717) is 11.4 Å². The Balaban J connectivity index is 2.91. The summed E-state index contributed by atoms with van der Waals surface area (Å²) in [6.07, 6.45) is 1.46. The van der Waals surface area contributed by atoms with Crippen LogP contribution in [0.15, 0.2) is 23.4 Å². The third-order valence-electron chi connectivity index (χ3n) is 1.14. The molecule has 1 heterocycles. The largest absolute Gasteiger partial charge is 0.392 e. The maximum atomic E-state index is 8.61. The van der Waals surface area contributed by atoms with Gasteiger partial charge in [-0.15, -0.1) is 0 Å². The molecule has 0 saturated heterocycles. The van der Waals surface area contributed by atoms with Crippen LogP contribution in [0.5, 0.6) is 0 Å². The highest BCUT2D eigenvalue weighted by Crippen LogP contribution is 2.07. The van der Waals surface area contributed by atoms with Gasteiger partial charge in [-0.1, -0.05) is 6.07 Å². The van der Waals surface area contributed by atoms with Crippen molar-refractivity contribution in [3.63, 3.8) is 0 Å². The van der Waals surface area contributed by atoms with E-state index in [1.165, 1.54) is 6.20 Å². The van der Waals surface area contributed by atoms with E-state index in [9.17, 15) is 0 Å². The molecule has 1 aromatic rings. The molecule has 5 heteroatoms.